The van der Waals surface area contributed by atoms with Crippen LogP contribution in [-0.4, -0.2) is 53.4 Å². The third-order valence-electron chi connectivity index (χ3n) is 6.85. The summed E-state index contributed by atoms with van der Waals surface area (Å²) < 4.78 is 0. The van der Waals surface area contributed by atoms with Crippen LogP contribution in [0.1, 0.15) is 44.2 Å². The Hall–Kier alpha value is -2.59. The van der Waals surface area contributed by atoms with Crippen LogP contribution in [-0.2, 0) is 27.2 Å². The van der Waals surface area contributed by atoms with Crippen LogP contribution in [0.5, 0.6) is 0 Å². The number of halogens is 2. The van der Waals surface area contributed by atoms with Crippen molar-refractivity contribution in [2.24, 2.45) is 11.3 Å². The molecule has 0 aromatic heterocycles. The molecular weight excluding hydrogens is 528 g/mol. The largest absolute Gasteiger partial charge is 0.475 e. The molecule has 0 spiro atoms. The highest BCUT2D eigenvalue weighted by molar-refractivity contribution is 6.43. The van der Waals surface area contributed by atoms with Gasteiger partial charge in [0, 0.05) is 21.9 Å². The summed E-state index contributed by atoms with van der Waals surface area (Å²) in [5.41, 5.74) is 0.825. The molecule has 0 aliphatic heterocycles. The number of amides is 3. The maximum atomic E-state index is 13.3. The molecule has 1 unspecified atom stereocenters. The van der Waals surface area contributed by atoms with E-state index in [1.54, 1.807) is 50.2 Å². The van der Waals surface area contributed by atoms with E-state index in [-0.39, 0.29) is 24.8 Å². The first-order valence-corrected chi connectivity index (χ1v) is 13.4. The second-order valence-corrected chi connectivity index (χ2v) is 11.3. The van der Waals surface area contributed by atoms with E-state index in [0.717, 1.165) is 30.4 Å². The Bertz CT molecular complexity index is 1130. The summed E-state index contributed by atoms with van der Waals surface area (Å²) in [6, 6.07) is 13.2. The van der Waals surface area contributed by atoms with Gasteiger partial charge in [-0.3, -0.25) is 14.4 Å². The molecule has 38 heavy (non-hydrogen) atoms. The number of hydrogen-bond donors (Lipinski definition) is 5. The fraction of sp³-hybridized carbons (Fsp3) is 0.444. The molecule has 0 saturated heterocycles. The van der Waals surface area contributed by atoms with E-state index in [1.807, 2.05) is 12.1 Å². The summed E-state index contributed by atoms with van der Waals surface area (Å²) in [4.78, 5) is 38.9. The number of carbonyl (C=O) groups excluding carboxylic acids is 3. The Balaban J connectivity index is 1.67. The van der Waals surface area contributed by atoms with Crippen LogP contribution in [0, 0.1) is 11.3 Å². The smallest absolute Gasteiger partial charge is 0.426 e. The third kappa shape index (κ3) is 8.73. The number of carbonyl (C=O) groups is 3. The fourth-order valence-corrected chi connectivity index (χ4v) is 4.76. The second kappa shape index (κ2) is 13.5. The average molecular weight is 562 g/mol. The topological polar surface area (TPSA) is 128 Å². The summed E-state index contributed by atoms with van der Waals surface area (Å²) in [6.45, 7) is 3.21. The van der Waals surface area contributed by atoms with Gasteiger partial charge in [0.25, 0.3) is 0 Å². The molecule has 1 fully saturated rings. The molecule has 8 nitrogen and oxygen atoms in total. The molecule has 3 amide bonds. The van der Waals surface area contributed by atoms with E-state index in [4.69, 9.17) is 23.2 Å². The zero-order valence-electron chi connectivity index (χ0n) is 21.5. The Morgan fingerprint density at radius 3 is 2.26 bits per heavy atom. The van der Waals surface area contributed by atoms with E-state index < -0.39 is 36.3 Å². The van der Waals surface area contributed by atoms with Crippen molar-refractivity contribution >= 4 is 48.0 Å². The molecule has 5 N–H and O–H groups in total. The summed E-state index contributed by atoms with van der Waals surface area (Å²) in [7, 11) is -1.68. The summed E-state index contributed by atoms with van der Waals surface area (Å²) >= 11 is 12.1. The lowest BCUT2D eigenvalue weighted by molar-refractivity contribution is -0.134. The lowest BCUT2D eigenvalue weighted by Gasteiger charge is -2.33. The molecule has 0 heterocycles. The first kappa shape index (κ1) is 30.0. The van der Waals surface area contributed by atoms with Crippen molar-refractivity contribution in [2.45, 2.75) is 57.9 Å². The lowest BCUT2D eigenvalue weighted by Crippen LogP contribution is -2.56. The Morgan fingerprint density at radius 2 is 1.68 bits per heavy atom. The van der Waals surface area contributed by atoms with Crippen molar-refractivity contribution in [3.63, 3.8) is 0 Å². The zero-order valence-corrected chi connectivity index (χ0v) is 23.1. The molecule has 1 saturated carbocycles. The van der Waals surface area contributed by atoms with Crippen LogP contribution >= 0.6 is 23.2 Å². The van der Waals surface area contributed by atoms with Crippen molar-refractivity contribution in [1.82, 2.24) is 16.0 Å². The first-order chi connectivity index (χ1) is 17.9. The fourth-order valence-electron chi connectivity index (χ4n) is 4.42. The summed E-state index contributed by atoms with van der Waals surface area (Å²) in [5.74, 6) is -2.21. The molecule has 0 radical (unpaired) electrons. The highest BCUT2D eigenvalue weighted by Crippen LogP contribution is 2.30. The Morgan fingerprint density at radius 1 is 1.00 bits per heavy atom. The standard InChI is InChI=1S/C27H34BCl2N3O5/c1-27(2,15-17-9-11-20(29)12-10-17)26(36)32-22(14-18-5-3-8-21(30)13-18)25(35)31-16-23(34)33-24(28(37)38)19-6-4-7-19/h3,5,8-13,19,22,24,37-38H,4,6-7,14-16H2,1-2H3,(H,31,35)(H,32,36)(H,33,34)/t22-,24?/m0/s1. The Labute approximate surface area is 233 Å². The first-order valence-electron chi connectivity index (χ1n) is 12.7. The molecule has 3 rings (SSSR count). The van der Waals surface area contributed by atoms with Gasteiger partial charge in [0.15, 0.2) is 0 Å². The van der Waals surface area contributed by atoms with E-state index in [1.165, 1.54) is 0 Å². The van der Waals surface area contributed by atoms with Gasteiger partial charge in [0.05, 0.1) is 12.5 Å². The molecule has 0 bridgehead atoms. The maximum Gasteiger partial charge on any atom is 0.475 e. The molecule has 1 aliphatic rings. The molecule has 2 aromatic rings. The lowest BCUT2D eigenvalue weighted by atomic mass is 9.64. The van der Waals surface area contributed by atoms with Crippen LogP contribution in [0.25, 0.3) is 0 Å². The predicted octanol–water partition coefficient (Wildman–Crippen LogP) is 2.70. The second-order valence-electron chi connectivity index (χ2n) is 10.5. The molecule has 204 valence electrons. The number of nitrogens with one attached hydrogen (secondary N) is 3. The van der Waals surface area contributed by atoms with Crippen molar-refractivity contribution in [1.29, 1.82) is 0 Å². The highest BCUT2D eigenvalue weighted by Gasteiger charge is 2.37. The minimum atomic E-state index is -1.68. The number of rotatable bonds is 12. The maximum absolute atomic E-state index is 13.3. The Kier molecular flexibility index (Phi) is 10.6. The molecule has 11 heteroatoms. The monoisotopic (exact) mass is 561 g/mol. The number of benzene rings is 2. The van der Waals surface area contributed by atoms with Gasteiger partial charge >= 0.3 is 7.12 Å². The zero-order chi connectivity index (χ0) is 27.9. The van der Waals surface area contributed by atoms with Crippen molar-refractivity contribution < 1.29 is 24.4 Å². The van der Waals surface area contributed by atoms with Gasteiger partial charge in [0.2, 0.25) is 17.7 Å². The SMILES string of the molecule is CC(C)(Cc1ccc(Cl)cc1)C(=O)N[C@@H](Cc1cccc(Cl)c1)C(=O)NCC(=O)NC(B(O)O)C1CCC1. The van der Waals surface area contributed by atoms with Gasteiger partial charge in [-0.25, -0.2) is 0 Å². The summed E-state index contributed by atoms with van der Waals surface area (Å²) in [5, 5.41) is 28.4. The summed E-state index contributed by atoms with van der Waals surface area (Å²) in [6.07, 6.45) is 3.16. The third-order valence-corrected chi connectivity index (χ3v) is 7.34. The molecule has 1 aliphatic carbocycles. The van der Waals surface area contributed by atoms with Gasteiger partial charge in [0.1, 0.15) is 6.04 Å². The van der Waals surface area contributed by atoms with Crippen molar-refractivity contribution in [3.05, 3.63) is 69.7 Å². The van der Waals surface area contributed by atoms with E-state index in [9.17, 15) is 24.4 Å². The molecule has 2 atom stereocenters. The van der Waals surface area contributed by atoms with Crippen molar-refractivity contribution in [2.75, 3.05) is 6.54 Å². The van der Waals surface area contributed by atoms with Crippen molar-refractivity contribution in [3.8, 4) is 0 Å². The molecular formula is C27H34BCl2N3O5. The predicted molar refractivity (Wildman–Crippen MR) is 148 cm³/mol. The highest BCUT2D eigenvalue weighted by atomic mass is 35.5. The van der Waals surface area contributed by atoms with Gasteiger partial charge in [-0.2, -0.15) is 0 Å². The average Bonchev–Trinajstić information content (AvgIpc) is 2.81. The van der Waals surface area contributed by atoms with Crippen LogP contribution in [0.2, 0.25) is 10.0 Å². The minimum absolute atomic E-state index is 0.00705. The van der Waals surface area contributed by atoms with Gasteiger partial charge in [-0.05, 0) is 60.6 Å². The van der Waals surface area contributed by atoms with E-state index >= 15 is 0 Å². The minimum Gasteiger partial charge on any atom is -0.426 e. The van der Waals surface area contributed by atoms with Crippen LogP contribution in [0.3, 0.4) is 0 Å². The molecule has 2 aromatic carbocycles. The van der Waals surface area contributed by atoms with Crippen LogP contribution in [0.4, 0.5) is 0 Å². The normalized spacial score (nSPS) is 15.1. The van der Waals surface area contributed by atoms with E-state index in [0.29, 0.717) is 16.5 Å². The van der Waals surface area contributed by atoms with Crippen LogP contribution < -0.4 is 16.0 Å². The van der Waals surface area contributed by atoms with Gasteiger partial charge < -0.3 is 26.0 Å². The quantitative estimate of drug-likeness (QED) is 0.255. The van der Waals surface area contributed by atoms with Crippen LogP contribution in [0.15, 0.2) is 48.5 Å². The van der Waals surface area contributed by atoms with Gasteiger partial charge in [-0.15, -0.1) is 0 Å². The van der Waals surface area contributed by atoms with Gasteiger partial charge in [-0.1, -0.05) is 67.7 Å². The van der Waals surface area contributed by atoms with E-state index in [2.05, 4.69) is 16.0 Å². The number of hydrogen-bond acceptors (Lipinski definition) is 5.